The Morgan fingerprint density at radius 3 is 2.71 bits per heavy atom. The molecule has 0 aliphatic carbocycles. The van der Waals surface area contributed by atoms with Crippen LogP contribution in [0.15, 0.2) is 24.3 Å². The minimum absolute atomic E-state index is 0.0708. The molecule has 0 unspecified atom stereocenters. The minimum Gasteiger partial charge on any atom is -0.389 e. The van der Waals surface area contributed by atoms with E-state index in [9.17, 15) is 4.79 Å². The van der Waals surface area contributed by atoms with Crippen LogP contribution in [0.3, 0.4) is 0 Å². The largest absolute Gasteiger partial charge is 0.389 e. The molecular formula is C11H15N3O2S. The van der Waals surface area contributed by atoms with Gasteiger partial charge in [0.25, 0.3) is 0 Å². The molecule has 5 N–H and O–H groups in total. The number of nitrogens with two attached hydrogens (primary N) is 2. The Bertz CT molecular complexity index is 409. The van der Waals surface area contributed by atoms with E-state index in [2.05, 4.69) is 5.32 Å². The van der Waals surface area contributed by atoms with Crippen LogP contribution in [0.5, 0.6) is 0 Å². The number of hydrogen-bond donors (Lipinski definition) is 3. The van der Waals surface area contributed by atoms with Crippen LogP contribution in [0.1, 0.15) is 5.56 Å². The molecule has 0 bridgehead atoms. The molecule has 0 saturated heterocycles. The highest BCUT2D eigenvalue weighted by Crippen LogP contribution is 2.14. The molecular weight excluding hydrogens is 238 g/mol. The standard InChI is InChI=1S/C11H15N3O2S/c12-10(15)7-16-6-5-14-9-4-2-1-3-8(9)11(13)17/h1-4,14H,5-7H2,(H2,12,15)(H2,13,17). The summed E-state index contributed by atoms with van der Waals surface area (Å²) in [7, 11) is 0. The molecule has 6 heteroatoms. The molecule has 1 aromatic rings. The fraction of sp³-hybridized carbons (Fsp3) is 0.273. The Kier molecular flexibility index (Phi) is 5.38. The highest BCUT2D eigenvalue weighted by molar-refractivity contribution is 7.80. The molecule has 0 fully saturated rings. The zero-order valence-corrected chi connectivity index (χ0v) is 10.1. The minimum atomic E-state index is -0.478. The number of primary amides is 1. The van der Waals surface area contributed by atoms with Crippen molar-refractivity contribution in [3.8, 4) is 0 Å². The zero-order chi connectivity index (χ0) is 12.7. The number of carbonyl (C=O) groups is 1. The number of anilines is 1. The van der Waals surface area contributed by atoms with Gasteiger partial charge in [0.05, 0.1) is 6.61 Å². The van der Waals surface area contributed by atoms with Crippen LogP contribution >= 0.6 is 12.2 Å². The van der Waals surface area contributed by atoms with E-state index in [0.29, 0.717) is 18.1 Å². The first-order chi connectivity index (χ1) is 8.11. The van der Waals surface area contributed by atoms with Crippen molar-refractivity contribution in [2.45, 2.75) is 0 Å². The van der Waals surface area contributed by atoms with Gasteiger partial charge in [-0.15, -0.1) is 0 Å². The fourth-order valence-corrected chi connectivity index (χ4v) is 1.46. The van der Waals surface area contributed by atoms with Gasteiger partial charge in [-0.2, -0.15) is 0 Å². The van der Waals surface area contributed by atoms with Crippen LogP contribution in [0.25, 0.3) is 0 Å². The van der Waals surface area contributed by atoms with Crippen LogP contribution < -0.4 is 16.8 Å². The normalized spacial score (nSPS) is 9.88. The zero-order valence-electron chi connectivity index (χ0n) is 9.31. The van der Waals surface area contributed by atoms with Crippen molar-refractivity contribution < 1.29 is 9.53 Å². The molecule has 17 heavy (non-hydrogen) atoms. The van der Waals surface area contributed by atoms with Crippen LogP contribution in [0.4, 0.5) is 5.69 Å². The Balaban J connectivity index is 2.41. The molecule has 0 aliphatic heterocycles. The van der Waals surface area contributed by atoms with E-state index < -0.39 is 5.91 Å². The SMILES string of the molecule is NC(=O)COCCNc1ccccc1C(N)=S. The van der Waals surface area contributed by atoms with Gasteiger partial charge in [0.15, 0.2) is 0 Å². The second-order valence-corrected chi connectivity index (χ2v) is 3.80. The molecule has 0 aliphatic rings. The molecule has 1 aromatic carbocycles. The fourth-order valence-electron chi connectivity index (χ4n) is 1.28. The van der Waals surface area contributed by atoms with Crippen molar-refractivity contribution in [2.24, 2.45) is 11.5 Å². The van der Waals surface area contributed by atoms with E-state index in [0.717, 1.165) is 11.3 Å². The maximum atomic E-state index is 10.4. The summed E-state index contributed by atoms with van der Waals surface area (Å²) in [6, 6.07) is 7.47. The Labute approximate surface area is 105 Å². The number of para-hydroxylation sites is 1. The number of carbonyl (C=O) groups excluding carboxylic acids is 1. The van der Waals surface area contributed by atoms with E-state index in [1.807, 2.05) is 24.3 Å². The van der Waals surface area contributed by atoms with Crippen molar-refractivity contribution in [3.05, 3.63) is 29.8 Å². The number of nitrogens with one attached hydrogen (secondary N) is 1. The van der Waals surface area contributed by atoms with Crippen LogP contribution in [0.2, 0.25) is 0 Å². The summed E-state index contributed by atoms with van der Waals surface area (Å²) in [4.78, 5) is 10.8. The van der Waals surface area contributed by atoms with Gasteiger partial charge in [-0.3, -0.25) is 4.79 Å². The monoisotopic (exact) mass is 253 g/mol. The lowest BCUT2D eigenvalue weighted by atomic mass is 10.2. The van der Waals surface area contributed by atoms with Crippen LogP contribution in [-0.4, -0.2) is 30.7 Å². The average molecular weight is 253 g/mol. The quantitative estimate of drug-likeness (QED) is 0.478. The Morgan fingerprint density at radius 1 is 1.35 bits per heavy atom. The lowest BCUT2D eigenvalue weighted by Crippen LogP contribution is -2.21. The molecule has 1 amide bonds. The number of amides is 1. The topological polar surface area (TPSA) is 90.4 Å². The smallest absolute Gasteiger partial charge is 0.243 e. The van der Waals surface area contributed by atoms with Gasteiger partial charge < -0.3 is 21.5 Å². The molecule has 0 saturated carbocycles. The number of thiocarbonyl (C=S) groups is 1. The maximum Gasteiger partial charge on any atom is 0.243 e. The molecule has 5 nitrogen and oxygen atoms in total. The van der Waals surface area contributed by atoms with Gasteiger partial charge in [0.2, 0.25) is 5.91 Å². The molecule has 0 heterocycles. The van der Waals surface area contributed by atoms with Gasteiger partial charge >= 0.3 is 0 Å². The van der Waals surface area contributed by atoms with Gasteiger partial charge in [-0.05, 0) is 12.1 Å². The summed E-state index contributed by atoms with van der Waals surface area (Å²) in [5, 5.41) is 3.12. The summed E-state index contributed by atoms with van der Waals surface area (Å²) in [5.74, 6) is -0.478. The predicted molar refractivity (Wildman–Crippen MR) is 70.8 cm³/mol. The number of rotatable bonds is 7. The van der Waals surface area contributed by atoms with Gasteiger partial charge in [0.1, 0.15) is 11.6 Å². The van der Waals surface area contributed by atoms with Crippen molar-refractivity contribution in [1.29, 1.82) is 0 Å². The number of hydrogen-bond acceptors (Lipinski definition) is 4. The molecule has 1 rings (SSSR count). The lowest BCUT2D eigenvalue weighted by molar-refractivity contribution is -0.122. The molecule has 0 radical (unpaired) electrons. The van der Waals surface area contributed by atoms with Crippen molar-refractivity contribution in [1.82, 2.24) is 0 Å². The van der Waals surface area contributed by atoms with E-state index >= 15 is 0 Å². The first-order valence-corrected chi connectivity index (χ1v) is 5.51. The van der Waals surface area contributed by atoms with Crippen LogP contribution in [-0.2, 0) is 9.53 Å². The second-order valence-electron chi connectivity index (χ2n) is 3.36. The second kappa shape index (κ2) is 6.82. The lowest BCUT2D eigenvalue weighted by Gasteiger charge is -2.10. The van der Waals surface area contributed by atoms with Crippen LogP contribution in [0, 0.1) is 0 Å². The summed E-state index contributed by atoms with van der Waals surface area (Å²) >= 11 is 4.93. The Hall–Kier alpha value is -1.66. The molecule has 0 aromatic heterocycles. The molecule has 92 valence electrons. The summed E-state index contributed by atoms with van der Waals surface area (Å²) in [6.45, 7) is 0.861. The predicted octanol–water partition coefficient (Wildman–Crippen LogP) is 0.235. The number of benzene rings is 1. The third kappa shape index (κ3) is 4.80. The van der Waals surface area contributed by atoms with Crippen molar-refractivity contribution >= 4 is 28.8 Å². The van der Waals surface area contributed by atoms with Gasteiger partial charge in [-0.1, -0.05) is 24.4 Å². The average Bonchev–Trinajstić information content (AvgIpc) is 2.28. The van der Waals surface area contributed by atoms with E-state index in [4.69, 9.17) is 28.4 Å². The summed E-state index contributed by atoms with van der Waals surface area (Å²) in [6.07, 6.45) is 0. The third-order valence-electron chi connectivity index (χ3n) is 2.00. The Morgan fingerprint density at radius 2 is 2.06 bits per heavy atom. The summed E-state index contributed by atoms with van der Waals surface area (Å²) < 4.78 is 5.02. The van der Waals surface area contributed by atoms with Gasteiger partial charge in [0, 0.05) is 17.8 Å². The van der Waals surface area contributed by atoms with Crippen molar-refractivity contribution in [2.75, 3.05) is 25.1 Å². The molecule has 0 atom stereocenters. The van der Waals surface area contributed by atoms with E-state index in [-0.39, 0.29) is 6.61 Å². The highest BCUT2D eigenvalue weighted by atomic mass is 32.1. The van der Waals surface area contributed by atoms with Gasteiger partial charge in [-0.25, -0.2) is 0 Å². The first kappa shape index (κ1) is 13.4. The maximum absolute atomic E-state index is 10.4. The highest BCUT2D eigenvalue weighted by Gasteiger charge is 2.03. The number of ether oxygens (including phenoxy) is 1. The third-order valence-corrected chi connectivity index (χ3v) is 2.22. The first-order valence-electron chi connectivity index (χ1n) is 5.10. The summed E-state index contributed by atoms with van der Waals surface area (Å²) in [5.41, 5.74) is 12.2. The van der Waals surface area contributed by atoms with Crippen molar-refractivity contribution in [3.63, 3.8) is 0 Å². The van der Waals surface area contributed by atoms with E-state index in [1.54, 1.807) is 0 Å². The van der Waals surface area contributed by atoms with E-state index in [1.165, 1.54) is 0 Å². The molecule has 0 spiro atoms.